The molecule has 2 aromatic carbocycles. The molecule has 0 unspecified atom stereocenters. The third-order valence-corrected chi connectivity index (χ3v) is 5.73. The summed E-state index contributed by atoms with van der Waals surface area (Å²) in [7, 11) is -2.17. The fourth-order valence-electron chi connectivity index (χ4n) is 2.41. The summed E-state index contributed by atoms with van der Waals surface area (Å²) < 4.78 is 31.0. The number of carbonyl (C=O) groups excluding carboxylic acids is 1. The quantitative estimate of drug-likeness (QED) is 0.516. The summed E-state index contributed by atoms with van der Waals surface area (Å²) in [5, 5.41) is 13.8. The molecule has 0 aliphatic heterocycles. The number of rotatable bonds is 8. The van der Waals surface area contributed by atoms with E-state index in [2.05, 4.69) is 10.5 Å². The standard InChI is InChI=1S/C19H23N3O5S/c1-4-28(25,26)22(15-9-11-16(27-3)12-10-15)13-19(24)21-20-14(2)17-7-5-6-8-18(17)23/h5-12,23H,4,13H2,1-3H3,(H,21,24)/b20-14-. The van der Waals surface area contributed by atoms with Crippen LogP contribution < -0.4 is 14.5 Å². The van der Waals surface area contributed by atoms with Crippen LogP contribution in [0.15, 0.2) is 53.6 Å². The van der Waals surface area contributed by atoms with Crippen molar-refractivity contribution in [2.45, 2.75) is 13.8 Å². The summed E-state index contributed by atoms with van der Waals surface area (Å²) in [6.07, 6.45) is 0. The number of hydrazone groups is 1. The molecule has 2 aromatic rings. The van der Waals surface area contributed by atoms with Crippen molar-refractivity contribution in [3.63, 3.8) is 0 Å². The molecule has 0 heterocycles. The number of ether oxygens (including phenoxy) is 1. The molecule has 9 heteroatoms. The Balaban J connectivity index is 2.18. The van der Waals surface area contributed by atoms with E-state index in [0.29, 0.717) is 22.7 Å². The molecule has 0 saturated carbocycles. The predicted octanol–water partition coefficient (Wildman–Crippen LogP) is 2.10. The molecule has 1 amide bonds. The number of para-hydroxylation sites is 1. The zero-order chi connectivity index (χ0) is 20.7. The van der Waals surface area contributed by atoms with Gasteiger partial charge in [0.1, 0.15) is 18.0 Å². The maximum absolute atomic E-state index is 12.4. The number of methoxy groups -OCH3 is 1. The van der Waals surface area contributed by atoms with Crippen LogP contribution in [0.2, 0.25) is 0 Å². The van der Waals surface area contributed by atoms with Crippen molar-refractivity contribution in [3.8, 4) is 11.5 Å². The van der Waals surface area contributed by atoms with Gasteiger partial charge in [-0.3, -0.25) is 9.10 Å². The van der Waals surface area contributed by atoms with Crippen LogP contribution >= 0.6 is 0 Å². The maximum atomic E-state index is 12.4. The molecule has 28 heavy (non-hydrogen) atoms. The van der Waals surface area contributed by atoms with Crippen molar-refractivity contribution in [2.24, 2.45) is 5.10 Å². The Morgan fingerprint density at radius 2 is 1.82 bits per heavy atom. The van der Waals surface area contributed by atoms with Crippen molar-refractivity contribution in [1.29, 1.82) is 0 Å². The Kier molecular flexibility index (Phi) is 7.00. The fourth-order valence-corrected chi connectivity index (χ4v) is 3.47. The van der Waals surface area contributed by atoms with Crippen LogP contribution in [-0.4, -0.2) is 44.6 Å². The van der Waals surface area contributed by atoms with Crippen LogP contribution in [0.4, 0.5) is 5.69 Å². The molecule has 2 N–H and O–H groups in total. The summed E-state index contributed by atoms with van der Waals surface area (Å²) in [5.74, 6) is -0.161. The Bertz CT molecular complexity index is 956. The number of aromatic hydroxyl groups is 1. The van der Waals surface area contributed by atoms with Crippen LogP contribution in [0.25, 0.3) is 0 Å². The smallest absolute Gasteiger partial charge is 0.260 e. The Morgan fingerprint density at radius 3 is 2.39 bits per heavy atom. The van der Waals surface area contributed by atoms with Crippen LogP contribution in [0.5, 0.6) is 11.5 Å². The lowest BCUT2D eigenvalue weighted by Gasteiger charge is -2.23. The molecule has 0 bridgehead atoms. The van der Waals surface area contributed by atoms with Crippen molar-refractivity contribution >= 4 is 27.3 Å². The number of sulfonamides is 1. The van der Waals surface area contributed by atoms with Gasteiger partial charge in [-0.15, -0.1) is 0 Å². The molecule has 0 radical (unpaired) electrons. The summed E-state index contributed by atoms with van der Waals surface area (Å²) in [5.41, 5.74) is 3.54. The number of hydrogen-bond donors (Lipinski definition) is 2. The number of hydrogen-bond acceptors (Lipinski definition) is 6. The summed E-state index contributed by atoms with van der Waals surface area (Å²) in [4.78, 5) is 12.3. The summed E-state index contributed by atoms with van der Waals surface area (Å²) in [6.45, 7) is 2.70. The zero-order valence-corrected chi connectivity index (χ0v) is 16.7. The molecule has 0 saturated heterocycles. The molecule has 2 rings (SSSR count). The first kappa shape index (κ1) is 21.2. The highest BCUT2D eigenvalue weighted by Gasteiger charge is 2.23. The van der Waals surface area contributed by atoms with Gasteiger partial charge in [-0.25, -0.2) is 13.8 Å². The minimum absolute atomic E-state index is 0.0337. The second-order valence-corrected chi connectivity index (χ2v) is 8.04. The molecule has 150 valence electrons. The summed E-state index contributed by atoms with van der Waals surface area (Å²) >= 11 is 0. The first-order chi connectivity index (χ1) is 13.3. The van der Waals surface area contributed by atoms with Gasteiger partial charge in [0.25, 0.3) is 5.91 Å². The number of nitrogens with one attached hydrogen (secondary N) is 1. The third kappa shape index (κ3) is 5.23. The lowest BCUT2D eigenvalue weighted by molar-refractivity contribution is -0.119. The molecule has 8 nitrogen and oxygen atoms in total. The molecule has 0 spiro atoms. The van der Waals surface area contributed by atoms with E-state index >= 15 is 0 Å². The van der Waals surface area contributed by atoms with Crippen molar-refractivity contribution in [3.05, 3.63) is 54.1 Å². The van der Waals surface area contributed by atoms with Crippen LogP contribution in [-0.2, 0) is 14.8 Å². The van der Waals surface area contributed by atoms with E-state index < -0.39 is 22.5 Å². The van der Waals surface area contributed by atoms with Gasteiger partial charge < -0.3 is 9.84 Å². The highest BCUT2D eigenvalue weighted by Crippen LogP contribution is 2.22. The number of nitrogens with zero attached hydrogens (tertiary/aromatic N) is 2. The second-order valence-electron chi connectivity index (χ2n) is 5.85. The van der Waals surface area contributed by atoms with Gasteiger partial charge in [-0.1, -0.05) is 12.1 Å². The van der Waals surface area contributed by atoms with Crippen LogP contribution in [0, 0.1) is 0 Å². The Morgan fingerprint density at radius 1 is 1.18 bits per heavy atom. The number of phenols is 1. The van der Waals surface area contributed by atoms with Crippen molar-refractivity contribution in [1.82, 2.24) is 5.43 Å². The average Bonchev–Trinajstić information content (AvgIpc) is 2.70. The minimum Gasteiger partial charge on any atom is -0.507 e. The zero-order valence-electron chi connectivity index (χ0n) is 15.9. The van der Waals surface area contributed by atoms with Crippen LogP contribution in [0.3, 0.4) is 0 Å². The van der Waals surface area contributed by atoms with E-state index in [4.69, 9.17) is 4.74 Å². The molecule has 0 atom stereocenters. The predicted molar refractivity (Wildman–Crippen MR) is 108 cm³/mol. The molecule has 0 fully saturated rings. The first-order valence-corrected chi connectivity index (χ1v) is 10.2. The van der Waals surface area contributed by atoms with E-state index in [1.807, 2.05) is 0 Å². The number of phenolic OH excluding ortho intramolecular Hbond substituents is 1. The SMILES string of the molecule is CCS(=O)(=O)N(CC(=O)N/N=C(/C)c1ccccc1O)c1ccc(OC)cc1. The second kappa shape index (κ2) is 9.23. The van der Waals surface area contributed by atoms with E-state index in [1.165, 1.54) is 20.1 Å². The minimum atomic E-state index is -3.68. The normalized spacial score (nSPS) is 11.8. The van der Waals surface area contributed by atoms with E-state index in [-0.39, 0.29) is 11.5 Å². The molecular weight excluding hydrogens is 382 g/mol. The van der Waals surface area contributed by atoms with Crippen molar-refractivity contribution in [2.75, 3.05) is 23.7 Å². The van der Waals surface area contributed by atoms with Gasteiger partial charge in [0.15, 0.2) is 0 Å². The third-order valence-electron chi connectivity index (χ3n) is 3.99. The molecule has 0 aliphatic rings. The number of carbonyl (C=O) groups is 1. The lowest BCUT2D eigenvalue weighted by atomic mass is 10.1. The molecule has 0 aromatic heterocycles. The molecular formula is C19H23N3O5S. The summed E-state index contributed by atoms with van der Waals surface area (Å²) in [6, 6.07) is 12.9. The average molecular weight is 405 g/mol. The fraction of sp³-hybridized carbons (Fsp3) is 0.263. The van der Waals surface area contributed by atoms with E-state index in [0.717, 1.165) is 4.31 Å². The largest absolute Gasteiger partial charge is 0.507 e. The number of benzene rings is 2. The van der Waals surface area contributed by atoms with Gasteiger partial charge in [-0.05, 0) is 50.2 Å². The van der Waals surface area contributed by atoms with Gasteiger partial charge in [0.05, 0.1) is 24.3 Å². The first-order valence-electron chi connectivity index (χ1n) is 8.54. The van der Waals surface area contributed by atoms with Crippen molar-refractivity contribution < 1.29 is 23.1 Å². The lowest BCUT2D eigenvalue weighted by Crippen LogP contribution is -2.40. The monoisotopic (exact) mass is 405 g/mol. The Hall–Kier alpha value is -3.07. The Labute approximate surface area is 164 Å². The van der Waals surface area contributed by atoms with Gasteiger partial charge in [0.2, 0.25) is 10.0 Å². The van der Waals surface area contributed by atoms with Gasteiger partial charge in [0, 0.05) is 5.56 Å². The highest BCUT2D eigenvalue weighted by atomic mass is 32.2. The number of anilines is 1. The van der Waals surface area contributed by atoms with Gasteiger partial charge >= 0.3 is 0 Å². The number of amides is 1. The van der Waals surface area contributed by atoms with Gasteiger partial charge in [-0.2, -0.15) is 5.10 Å². The highest BCUT2D eigenvalue weighted by molar-refractivity contribution is 7.92. The van der Waals surface area contributed by atoms with E-state index in [9.17, 15) is 18.3 Å². The topological polar surface area (TPSA) is 108 Å². The van der Waals surface area contributed by atoms with E-state index in [1.54, 1.807) is 49.4 Å². The maximum Gasteiger partial charge on any atom is 0.260 e. The molecule has 0 aliphatic carbocycles. The van der Waals surface area contributed by atoms with Crippen LogP contribution in [0.1, 0.15) is 19.4 Å².